The van der Waals surface area contributed by atoms with Gasteiger partial charge in [-0.2, -0.15) is 0 Å². The number of Topliss-reactive ketones (excluding diaryl/α,β-unsaturated/α-hetero) is 1. The molecule has 2 aromatic carbocycles. The topological polar surface area (TPSA) is 68.4 Å². The fourth-order valence-electron chi connectivity index (χ4n) is 4.05. The third-order valence-corrected chi connectivity index (χ3v) is 5.64. The number of H-pyrrole nitrogens is 1. The van der Waals surface area contributed by atoms with Crippen LogP contribution in [0, 0.1) is 0 Å². The minimum absolute atomic E-state index is 0.0212. The molecule has 3 aromatic rings. The van der Waals surface area contributed by atoms with Gasteiger partial charge >= 0.3 is 0 Å². The molecule has 150 valence electrons. The largest absolute Gasteiger partial charge is 0.360 e. The normalized spacial score (nSPS) is 16.6. The van der Waals surface area contributed by atoms with Crippen molar-refractivity contribution in [2.45, 2.75) is 6.04 Å². The Morgan fingerprint density at radius 3 is 2.41 bits per heavy atom. The van der Waals surface area contributed by atoms with Crippen LogP contribution >= 0.6 is 0 Å². The number of piperazine rings is 1. The summed E-state index contributed by atoms with van der Waals surface area (Å²) in [5.74, 6) is 0.126. The van der Waals surface area contributed by atoms with E-state index in [1.165, 1.54) is 0 Å². The van der Waals surface area contributed by atoms with Crippen LogP contribution in [0.1, 0.15) is 22.0 Å². The summed E-state index contributed by atoms with van der Waals surface area (Å²) < 4.78 is 0. The van der Waals surface area contributed by atoms with Crippen molar-refractivity contribution in [1.29, 1.82) is 0 Å². The summed E-state index contributed by atoms with van der Waals surface area (Å²) >= 11 is 0. The van der Waals surface area contributed by atoms with Gasteiger partial charge < -0.3 is 10.3 Å². The third-order valence-electron chi connectivity index (χ3n) is 5.64. The molecule has 2 heterocycles. The minimum Gasteiger partial charge on any atom is -0.360 e. The van der Waals surface area contributed by atoms with Gasteiger partial charge in [-0.15, -0.1) is 0 Å². The number of carbonyl (C=O) groups is 2. The number of rotatable bonds is 6. The van der Waals surface area contributed by atoms with Gasteiger partial charge in [-0.05, 0) is 11.6 Å². The monoisotopic (exact) mass is 390 g/mol. The second kappa shape index (κ2) is 8.59. The highest BCUT2D eigenvalue weighted by atomic mass is 16.2. The zero-order valence-electron chi connectivity index (χ0n) is 16.6. The SMILES string of the molecule is CNC(=O)CN1CCN([C@H](C(=O)c2c[nH]c3ccccc23)c2ccccc2)CC1. The molecule has 0 radical (unpaired) electrons. The molecule has 0 unspecified atom stereocenters. The van der Waals surface area contributed by atoms with E-state index < -0.39 is 0 Å². The van der Waals surface area contributed by atoms with Crippen LogP contribution in [-0.4, -0.2) is 66.2 Å². The predicted octanol–water partition coefficient (Wildman–Crippen LogP) is 2.46. The summed E-state index contributed by atoms with van der Waals surface area (Å²) in [5, 5.41) is 3.63. The zero-order chi connectivity index (χ0) is 20.2. The average molecular weight is 390 g/mol. The van der Waals surface area contributed by atoms with Gasteiger partial charge in [0.1, 0.15) is 0 Å². The molecule has 2 N–H and O–H groups in total. The maximum absolute atomic E-state index is 13.7. The van der Waals surface area contributed by atoms with Gasteiger partial charge in [0.15, 0.2) is 5.78 Å². The maximum Gasteiger partial charge on any atom is 0.233 e. The molecule has 1 fully saturated rings. The van der Waals surface area contributed by atoms with Crippen molar-refractivity contribution in [3.05, 3.63) is 71.9 Å². The van der Waals surface area contributed by atoms with E-state index in [9.17, 15) is 9.59 Å². The van der Waals surface area contributed by atoms with E-state index in [1.54, 1.807) is 7.05 Å². The number of para-hydroxylation sites is 1. The van der Waals surface area contributed by atoms with Gasteiger partial charge in [0.2, 0.25) is 5.91 Å². The second-order valence-electron chi connectivity index (χ2n) is 7.41. The molecule has 29 heavy (non-hydrogen) atoms. The van der Waals surface area contributed by atoms with Crippen molar-refractivity contribution < 1.29 is 9.59 Å². The van der Waals surface area contributed by atoms with Crippen LogP contribution in [0.3, 0.4) is 0 Å². The number of ketones is 1. The van der Waals surface area contributed by atoms with Gasteiger partial charge in [0.05, 0.1) is 12.6 Å². The third kappa shape index (κ3) is 4.09. The molecular weight excluding hydrogens is 364 g/mol. The molecule has 0 saturated carbocycles. The number of aromatic nitrogens is 1. The molecule has 1 saturated heterocycles. The fourth-order valence-corrected chi connectivity index (χ4v) is 4.05. The number of carbonyl (C=O) groups excluding carboxylic acids is 2. The number of hydrogen-bond donors (Lipinski definition) is 2. The predicted molar refractivity (Wildman–Crippen MR) is 114 cm³/mol. The van der Waals surface area contributed by atoms with Gasteiger partial charge in [0, 0.05) is 55.9 Å². The molecule has 1 aliphatic heterocycles. The number of fused-ring (bicyclic) bond motifs is 1. The first kappa shape index (κ1) is 19.4. The summed E-state index contributed by atoms with van der Waals surface area (Å²) in [6, 6.07) is 17.5. The van der Waals surface area contributed by atoms with Crippen molar-refractivity contribution >= 4 is 22.6 Å². The Balaban J connectivity index is 1.60. The number of benzene rings is 2. The molecule has 0 aliphatic carbocycles. The van der Waals surface area contributed by atoms with Crippen molar-refractivity contribution in [2.75, 3.05) is 39.8 Å². The standard InChI is InChI=1S/C23H26N4O2/c1-24-21(28)16-26-11-13-27(14-12-26)22(17-7-3-2-4-8-17)23(29)19-15-25-20-10-6-5-9-18(19)20/h2-10,15,22,25H,11-14,16H2,1H3,(H,24,28)/t22-/m0/s1. The molecule has 1 atom stereocenters. The fraction of sp³-hybridized carbons (Fsp3) is 0.304. The first-order chi connectivity index (χ1) is 14.2. The molecule has 1 aromatic heterocycles. The highest BCUT2D eigenvalue weighted by Crippen LogP contribution is 2.29. The van der Waals surface area contributed by atoms with Crippen LogP contribution in [-0.2, 0) is 4.79 Å². The van der Waals surface area contributed by atoms with Crippen LogP contribution in [0.2, 0.25) is 0 Å². The Bertz CT molecular complexity index is 990. The van der Waals surface area contributed by atoms with E-state index in [4.69, 9.17) is 0 Å². The number of hydrogen-bond acceptors (Lipinski definition) is 4. The Kier molecular flexibility index (Phi) is 5.74. The van der Waals surface area contributed by atoms with E-state index in [0.29, 0.717) is 6.54 Å². The number of nitrogens with one attached hydrogen (secondary N) is 2. The second-order valence-corrected chi connectivity index (χ2v) is 7.41. The number of likely N-dealkylation sites (N-methyl/N-ethyl adjacent to an activating group) is 1. The van der Waals surface area contributed by atoms with Crippen molar-refractivity contribution in [2.24, 2.45) is 0 Å². The average Bonchev–Trinajstić information content (AvgIpc) is 3.20. The van der Waals surface area contributed by atoms with E-state index in [1.807, 2.05) is 60.8 Å². The molecule has 1 amide bonds. The summed E-state index contributed by atoms with van der Waals surface area (Å²) in [6.45, 7) is 3.40. The molecule has 6 heteroatoms. The lowest BCUT2D eigenvalue weighted by Crippen LogP contribution is -2.51. The smallest absolute Gasteiger partial charge is 0.233 e. The molecular formula is C23H26N4O2. The summed E-state index contributed by atoms with van der Waals surface area (Å²) in [5.41, 5.74) is 2.70. The first-order valence-electron chi connectivity index (χ1n) is 9.99. The Morgan fingerprint density at radius 2 is 1.69 bits per heavy atom. The number of amides is 1. The van der Waals surface area contributed by atoms with Crippen LogP contribution in [0.15, 0.2) is 60.8 Å². The van der Waals surface area contributed by atoms with E-state index in [-0.39, 0.29) is 17.7 Å². The molecule has 6 nitrogen and oxygen atoms in total. The van der Waals surface area contributed by atoms with Gasteiger partial charge in [-0.1, -0.05) is 48.5 Å². The van der Waals surface area contributed by atoms with Crippen molar-refractivity contribution in [3.63, 3.8) is 0 Å². The van der Waals surface area contributed by atoms with Gasteiger partial charge in [-0.3, -0.25) is 19.4 Å². The number of nitrogens with zero attached hydrogens (tertiary/aromatic N) is 2. The Morgan fingerprint density at radius 1 is 1.00 bits per heavy atom. The lowest BCUT2D eigenvalue weighted by Gasteiger charge is -2.38. The van der Waals surface area contributed by atoms with E-state index in [0.717, 1.165) is 48.2 Å². The number of aromatic amines is 1. The molecule has 1 aliphatic rings. The van der Waals surface area contributed by atoms with Crippen LogP contribution < -0.4 is 5.32 Å². The molecule has 4 rings (SSSR count). The maximum atomic E-state index is 13.7. The van der Waals surface area contributed by atoms with Crippen LogP contribution in [0.4, 0.5) is 0 Å². The quantitative estimate of drug-likeness (QED) is 0.635. The van der Waals surface area contributed by atoms with Crippen molar-refractivity contribution in [1.82, 2.24) is 20.1 Å². The van der Waals surface area contributed by atoms with Gasteiger partial charge in [0.25, 0.3) is 0 Å². The minimum atomic E-state index is -0.336. The first-order valence-corrected chi connectivity index (χ1v) is 9.99. The summed E-state index contributed by atoms with van der Waals surface area (Å²) in [7, 11) is 1.66. The highest BCUT2D eigenvalue weighted by molar-refractivity contribution is 6.10. The summed E-state index contributed by atoms with van der Waals surface area (Å²) in [6.07, 6.45) is 1.82. The van der Waals surface area contributed by atoms with E-state index >= 15 is 0 Å². The Hall–Kier alpha value is -2.96. The molecule has 0 spiro atoms. The van der Waals surface area contributed by atoms with Gasteiger partial charge in [-0.25, -0.2) is 0 Å². The Labute approximate surface area is 170 Å². The zero-order valence-corrected chi connectivity index (χ0v) is 16.6. The van der Waals surface area contributed by atoms with Crippen LogP contribution in [0.5, 0.6) is 0 Å². The van der Waals surface area contributed by atoms with E-state index in [2.05, 4.69) is 20.1 Å². The summed E-state index contributed by atoms with van der Waals surface area (Å²) in [4.78, 5) is 33.0. The highest BCUT2D eigenvalue weighted by Gasteiger charge is 2.32. The lowest BCUT2D eigenvalue weighted by molar-refractivity contribution is -0.122. The van der Waals surface area contributed by atoms with Crippen LogP contribution in [0.25, 0.3) is 10.9 Å². The molecule has 0 bridgehead atoms. The van der Waals surface area contributed by atoms with Crippen molar-refractivity contribution in [3.8, 4) is 0 Å². The lowest BCUT2D eigenvalue weighted by atomic mass is 9.95.